The zero-order chi connectivity index (χ0) is 14.1. The molecule has 0 bridgehead atoms. The smallest absolute Gasteiger partial charge is 0.249 e. The highest BCUT2D eigenvalue weighted by Gasteiger charge is 2.19. The van der Waals surface area contributed by atoms with Gasteiger partial charge in [0.25, 0.3) is 0 Å². The summed E-state index contributed by atoms with van der Waals surface area (Å²) in [6.45, 7) is 2.03. The molecule has 3 rings (SSSR count). The molecule has 2 heterocycles. The monoisotopic (exact) mass is 349 g/mol. The Morgan fingerprint density at radius 3 is 2.90 bits per heavy atom. The van der Waals surface area contributed by atoms with Gasteiger partial charge in [-0.2, -0.15) is 4.98 Å². The molecule has 1 aromatic carbocycles. The van der Waals surface area contributed by atoms with Crippen LogP contribution in [0, 0.1) is 6.92 Å². The largest absolute Gasteiger partial charge is 0.337 e. The van der Waals surface area contributed by atoms with Crippen molar-refractivity contribution in [3.63, 3.8) is 0 Å². The van der Waals surface area contributed by atoms with Crippen molar-refractivity contribution < 1.29 is 4.52 Å². The Bertz CT molecular complexity index is 724. The van der Waals surface area contributed by atoms with Crippen molar-refractivity contribution in [2.24, 2.45) is 5.73 Å². The standard InChI is InChI=1S/C14H12BrN3OS/c1-8-4-5-9(10(15)7-8)13-17-14(19-18-13)12(16)11-3-2-6-20-11/h2-7,12H,16H2,1H3. The Morgan fingerprint density at radius 2 is 2.20 bits per heavy atom. The molecule has 2 N–H and O–H groups in total. The summed E-state index contributed by atoms with van der Waals surface area (Å²) in [7, 11) is 0. The minimum Gasteiger partial charge on any atom is -0.337 e. The van der Waals surface area contributed by atoms with E-state index >= 15 is 0 Å². The van der Waals surface area contributed by atoms with Gasteiger partial charge in [-0.25, -0.2) is 0 Å². The van der Waals surface area contributed by atoms with Crippen LogP contribution in [0.15, 0.2) is 44.7 Å². The molecule has 0 saturated carbocycles. The van der Waals surface area contributed by atoms with Crippen LogP contribution in [-0.2, 0) is 0 Å². The van der Waals surface area contributed by atoms with Gasteiger partial charge in [-0.15, -0.1) is 11.3 Å². The van der Waals surface area contributed by atoms with E-state index < -0.39 is 0 Å². The first-order valence-corrected chi connectivity index (χ1v) is 7.71. The maximum Gasteiger partial charge on any atom is 0.249 e. The van der Waals surface area contributed by atoms with Gasteiger partial charge in [0.15, 0.2) is 0 Å². The van der Waals surface area contributed by atoms with Gasteiger partial charge < -0.3 is 10.3 Å². The number of hydrogen-bond donors (Lipinski definition) is 1. The van der Waals surface area contributed by atoms with Crippen LogP contribution in [0.1, 0.15) is 22.4 Å². The lowest BCUT2D eigenvalue weighted by Crippen LogP contribution is -2.10. The van der Waals surface area contributed by atoms with Crippen LogP contribution in [0.2, 0.25) is 0 Å². The third kappa shape index (κ3) is 2.54. The summed E-state index contributed by atoms with van der Waals surface area (Å²) < 4.78 is 6.23. The zero-order valence-electron chi connectivity index (χ0n) is 10.7. The van der Waals surface area contributed by atoms with Gasteiger partial charge >= 0.3 is 0 Å². The molecule has 3 aromatic rings. The van der Waals surface area contributed by atoms with Gasteiger partial charge in [0.2, 0.25) is 11.7 Å². The maximum atomic E-state index is 6.12. The molecule has 4 nitrogen and oxygen atoms in total. The molecule has 102 valence electrons. The fourth-order valence-electron chi connectivity index (χ4n) is 1.86. The summed E-state index contributed by atoms with van der Waals surface area (Å²) in [5.74, 6) is 0.966. The molecule has 0 aliphatic rings. The highest BCUT2D eigenvalue weighted by Crippen LogP contribution is 2.29. The Balaban J connectivity index is 1.94. The fraction of sp³-hybridized carbons (Fsp3) is 0.143. The number of benzene rings is 1. The second-order valence-corrected chi connectivity index (χ2v) is 6.27. The summed E-state index contributed by atoms with van der Waals surface area (Å²) in [5.41, 5.74) is 8.18. The summed E-state index contributed by atoms with van der Waals surface area (Å²) in [4.78, 5) is 5.40. The lowest BCUT2D eigenvalue weighted by atomic mass is 10.1. The van der Waals surface area contributed by atoms with Crippen molar-refractivity contribution in [1.29, 1.82) is 0 Å². The van der Waals surface area contributed by atoms with E-state index in [0.29, 0.717) is 11.7 Å². The molecule has 1 unspecified atom stereocenters. The van der Waals surface area contributed by atoms with E-state index in [-0.39, 0.29) is 6.04 Å². The Morgan fingerprint density at radius 1 is 1.35 bits per heavy atom. The second-order valence-electron chi connectivity index (χ2n) is 4.43. The molecule has 0 aliphatic carbocycles. The predicted octanol–water partition coefficient (Wildman–Crippen LogP) is 3.92. The van der Waals surface area contributed by atoms with Crippen molar-refractivity contribution in [1.82, 2.24) is 10.1 Å². The molecule has 1 atom stereocenters. The van der Waals surface area contributed by atoms with Crippen LogP contribution in [0.25, 0.3) is 11.4 Å². The van der Waals surface area contributed by atoms with Crippen molar-refractivity contribution in [3.05, 3.63) is 56.5 Å². The van der Waals surface area contributed by atoms with E-state index in [1.165, 1.54) is 5.56 Å². The first-order chi connectivity index (χ1) is 9.65. The van der Waals surface area contributed by atoms with Crippen molar-refractivity contribution >= 4 is 27.3 Å². The molecular formula is C14H12BrN3OS. The van der Waals surface area contributed by atoms with Crippen LogP contribution in [0.5, 0.6) is 0 Å². The number of nitrogens with two attached hydrogens (primary N) is 1. The molecular weight excluding hydrogens is 338 g/mol. The quantitative estimate of drug-likeness (QED) is 0.778. The van der Waals surface area contributed by atoms with Gasteiger partial charge in [0.1, 0.15) is 6.04 Å². The van der Waals surface area contributed by atoms with Gasteiger partial charge in [-0.1, -0.05) is 33.2 Å². The van der Waals surface area contributed by atoms with Crippen molar-refractivity contribution in [2.75, 3.05) is 0 Å². The molecule has 20 heavy (non-hydrogen) atoms. The molecule has 0 radical (unpaired) electrons. The molecule has 0 aliphatic heterocycles. The number of rotatable bonds is 3. The van der Waals surface area contributed by atoms with E-state index in [1.807, 2.05) is 42.6 Å². The van der Waals surface area contributed by atoms with E-state index in [0.717, 1.165) is 14.9 Å². The van der Waals surface area contributed by atoms with E-state index in [1.54, 1.807) is 11.3 Å². The molecule has 0 fully saturated rings. The molecule has 2 aromatic heterocycles. The Hall–Kier alpha value is -1.50. The number of nitrogens with zero attached hydrogens (tertiary/aromatic N) is 2. The topological polar surface area (TPSA) is 64.9 Å². The Labute approximate surface area is 128 Å². The van der Waals surface area contributed by atoms with E-state index in [9.17, 15) is 0 Å². The van der Waals surface area contributed by atoms with Crippen LogP contribution in [0.4, 0.5) is 0 Å². The lowest BCUT2D eigenvalue weighted by molar-refractivity contribution is 0.368. The van der Waals surface area contributed by atoms with Crippen molar-refractivity contribution in [3.8, 4) is 11.4 Å². The van der Waals surface area contributed by atoms with Crippen LogP contribution >= 0.6 is 27.3 Å². The average molecular weight is 350 g/mol. The summed E-state index contributed by atoms with van der Waals surface area (Å²) in [5, 5.41) is 5.99. The molecule has 6 heteroatoms. The third-order valence-corrected chi connectivity index (χ3v) is 4.53. The van der Waals surface area contributed by atoms with Gasteiger partial charge in [0.05, 0.1) is 0 Å². The minimum atomic E-state index is -0.375. The number of hydrogen-bond acceptors (Lipinski definition) is 5. The highest BCUT2D eigenvalue weighted by molar-refractivity contribution is 9.10. The first-order valence-electron chi connectivity index (χ1n) is 6.04. The van der Waals surface area contributed by atoms with Gasteiger partial charge in [-0.05, 0) is 36.1 Å². The summed E-state index contributed by atoms with van der Waals surface area (Å²) in [6.07, 6.45) is 0. The summed E-state index contributed by atoms with van der Waals surface area (Å²) in [6, 6.07) is 9.53. The van der Waals surface area contributed by atoms with Crippen LogP contribution in [0.3, 0.4) is 0 Å². The first kappa shape index (κ1) is 13.5. The fourth-order valence-corrected chi connectivity index (χ4v) is 3.25. The number of halogens is 1. The third-order valence-electron chi connectivity index (χ3n) is 2.92. The van der Waals surface area contributed by atoms with Crippen LogP contribution in [-0.4, -0.2) is 10.1 Å². The summed E-state index contributed by atoms with van der Waals surface area (Å²) >= 11 is 5.09. The number of aryl methyl sites for hydroxylation is 1. The van der Waals surface area contributed by atoms with Gasteiger partial charge in [0, 0.05) is 14.9 Å². The Kier molecular flexibility index (Phi) is 3.69. The predicted molar refractivity (Wildman–Crippen MR) is 82.5 cm³/mol. The van der Waals surface area contributed by atoms with Crippen LogP contribution < -0.4 is 5.73 Å². The molecule has 0 spiro atoms. The van der Waals surface area contributed by atoms with Crippen molar-refractivity contribution in [2.45, 2.75) is 13.0 Å². The molecule has 0 saturated heterocycles. The minimum absolute atomic E-state index is 0.375. The highest BCUT2D eigenvalue weighted by atomic mass is 79.9. The number of thiophene rings is 1. The maximum absolute atomic E-state index is 6.12. The average Bonchev–Trinajstić information content (AvgIpc) is 3.09. The van der Waals surface area contributed by atoms with E-state index in [4.69, 9.17) is 10.3 Å². The SMILES string of the molecule is Cc1ccc(-c2noc(C(N)c3cccs3)n2)c(Br)c1. The second kappa shape index (κ2) is 5.47. The normalized spacial score (nSPS) is 12.6. The molecule has 0 amide bonds. The zero-order valence-corrected chi connectivity index (χ0v) is 13.1. The van der Waals surface area contributed by atoms with E-state index in [2.05, 4.69) is 26.1 Å². The lowest BCUT2D eigenvalue weighted by Gasteiger charge is -2.02. The number of aromatic nitrogens is 2. The van der Waals surface area contributed by atoms with Gasteiger partial charge in [-0.3, -0.25) is 0 Å².